The first kappa shape index (κ1) is 17.5. The molecular weight excluding hydrogens is 332 g/mol. The van der Waals surface area contributed by atoms with E-state index in [-0.39, 0.29) is 17.4 Å². The van der Waals surface area contributed by atoms with E-state index in [0.29, 0.717) is 0 Å². The molecule has 144 valence electrons. The van der Waals surface area contributed by atoms with Gasteiger partial charge in [-0.25, -0.2) is 0 Å². The third-order valence-electron chi connectivity index (χ3n) is 7.94. The molecular formula is C24H32N2O. The molecule has 1 aromatic carbocycles. The zero-order valence-electron chi connectivity index (χ0n) is 16.5. The maximum Gasteiger partial charge on any atom is 0.217 e. The van der Waals surface area contributed by atoms with Gasteiger partial charge in [-0.05, 0) is 80.5 Å². The number of nitrogens with one attached hydrogen (secondary N) is 1. The van der Waals surface area contributed by atoms with E-state index in [0.717, 1.165) is 24.2 Å². The standard InChI is InChI=1S/C24H32N2O/c1-17(27)25-23-15-24(22-9-5-4-8-21(22)23)10-12-26(13-11-24)16-19-14-18-6-2-3-7-20(18)19/h3-5,7-9,18-20,23H,2,6,10-16H2,1H3,(H,25,27)/t18?,19-,20-,23?/m0/s1. The van der Waals surface area contributed by atoms with Crippen LogP contribution in [0.4, 0.5) is 0 Å². The second-order valence-electron chi connectivity index (χ2n) is 9.46. The summed E-state index contributed by atoms with van der Waals surface area (Å²) in [6.45, 7) is 5.34. The molecule has 0 bridgehead atoms. The van der Waals surface area contributed by atoms with Crippen molar-refractivity contribution in [2.24, 2.45) is 17.8 Å². The van der Waals surface area contributed by atoms with Crippen molar-refractivity contribution in [2.45, 2.75) is 56.9 Å². The molecule has 3 nitrogen and oxygen atoms in total. The van der Waals surface area contributed by atoms with E-state index in [2.05, 4.69) is 46.6 Å². The molecule has 1 aliphatic heterocycles. The van der Waals surface area contributed by atoms with Crippen molar-refractivity contribution in [3.63, 3.8) is 0 Å². The van der Waals surface area contributed by atoms with Crippen LogP contribution in [-0.4, -0.2) is 30.4 Å². The lowest BCUT2D eigenvalue weighted by molar-refractivity contribution is -0.119. The van der Waals surface area contributed by atoms with Gasteiger partial charge in [-0.15, -0.1) is 0 Å². The highest BCUT2D eigenvalue weighted by Crippen LogP contribution is 2.51. The number of carbonyl (C=O) groups excluding carboxylic acids is 1. The van der Waals surface area contributed by atoms with Crippen LogP contribution in [0.5, 0.6) is 0 Å². The third-order valence-corrected chi connectivity index (χ3v) is 7.94. The molecule has 0 radical (unpaired) electrons. The lowest BCUT2D eigenvalue weighted by Gasteiger charge is -2.49. The smallest absolute Gasteiger partial charge is 0.217 e. The Kier molecular flexibility index (Phi) is 4.39. The van der Waals surface area contributed by atoms with Crippen molar-refractivity contribution in [3.8, 4) is 0 Å². The van der Waals surface area contributed by atoms with E-state index in [9.17, 15) is 4.79 Å². The maximum atomic E-state index is 11.7. The maximum absolute atomic E-state index is 11.7. The Balaban J connectivity index is 1.25. The zero-order chi connectivity index (χ0) is 18.4. The van der Waals surface area contributed by atoms with E-state index < -0.39 is 0 Å². The number of allylic oxidation sites excluding steroid dienone is 2. The number of benzene rings is 1. The van der Waals surface area contributed by atoms with Gasteiger partial charge in [0.15, 0.2) is 0 Å². The van der Waals surface area contributed by atoms with Gasteiger partial charge in [-0.2, -0.15) is 0 Å². The van der Waals surface area contributed by atoms with Crippen LogP contribution in [0.2, 0.25) is 0 Å². The number of nitrogens with zero attached hydrogens (tertiary/aromatic N) is 1. The van der Waals surface area contributed by atoms with Crippen LogP contribution in [0.3, 0.4) is 0 Å². The average molecular weight is 365 g/mol. The Morgan fingerprint density at radius 3 is 2.85 bits per heavy atom. The van der Waals surface area contributed by atoms with Crippen molar-refractivity contribution < 1.29 is 4.79 Å². The molecule has 2 fully saturated rings. The van der Waals surface area contributed by atoms with Crippen LogP contribution >= 0.6 is 0 Å². The van der Waals surface area contributed by atoms with Crippen LogP contribution in [0, 0.1) is 17.8 Å². The minimum absolute atomic E-state index is 0.0874. The molecule has 5 rings (SSSR count). The monoisotopic (exact) mass is 364 g/mol. The summed E-state index contributed by atoms with van der Waals surface area (Å²) in [6, 6.07) is 9.03. The van der Waals surface area contributed by atoms with Crippen molar-refractivity contribution in [3.05, 3.63) is 47.5 Å². The predicted molar refractivity (Wildman–Crippen MR) is 108 cm³/mol. The summed E-state index contributed by atoms with van der Waals surface area (Å²) < 4.78 is 0. The van der Waals surface area contributed by atoms with Gasteiger partial charge in [0.2, 0.25) is 5.91 Å². The number of hydrogen-bond acceptors (Lipinski definition) is 2. The highest BCUT2D eigenvalue weighted by molar-refractivity contribution is 5.73. The van der Waals surface area contributed by atoms with Crippen LogP contribution in [-0.2, 0) is 10.2 Å². The number of piperidine rings is 1. The summed E-state index contributed by atoms with van der Waals surface area (Å²) in [5.74, 6) is 2.83. The molecule has 4 atom stereocenters. The van der Waals surface area contributed by atoms with Crippen molar-refractivity contribution in [1.82, 2.24) is 10.2 Å². The van der Waals surface area contributed by atoms with E-state index >= 15 is 0 Å². The summed E-state index contributed by atoms with van der Waals surface area (Å²) in [7, 11) is 0. The molecule has 2 unspecified atom stereocenters. The molecule has 27 heavy (non-hydrogen) atoms. The first-order chi connectivity index (χ1) is 13.1. The SMILES string of the molecule is CC(=O)NC1CC2(CCN(C[C@@H]3CC4CCC=C[C@@H]43)CC2)c2ccccc21. The molecule has 0 aromatic heterocycles. The Bertz CT molecular complexity index is 747. The van der Waals surface area contributed by atoms with E-state index in [1.807, 2.05) is 0 Å². The van der Waals surface area contributed by atoms with Crippen molar-refractivity contribution in [2.75, 3.05) is 19.6 Å². The van der Waals surface area contributed by atoms with Crippen molar-refractivity contribution >= 4 is 5.91 Å². The Morgan fingerprint density at radius 1 is 1.26 bits per heavy atom. The fraction of sp³-hybridized carbons (Fsp3) is 0.625. The van der Waals surface area contributed by atoms with Gasteiger partial charge in [0.1, 0.15) is 0 Å². The molecule has 3 aliphatic carbocycles. The first-order valence-corrected chi connectivity index (χ1v) is 10.9. The summed E-state index contributed by atoms with van der Waals surface area (Å²) >= 11 is 0. The fourth-order valence-electron chi connectivity index (χ4n) is 6.51. The molecule has 1 saturated heterocycles. The minimum atomic E-state index is 0.0874. The highest BCUT2D eigenvalue weighted by Gasteiger charge is 2.46. The quantitative estimate of drug-likeness (QED) is 0.815. The Morgan fingerprint density at radius 2 is 2.07 bits per heavy atom. The van der Waals surface area contributed by atoms with E-state index in [1.54, 1.807) is 6.92 Å². The highest BCUT2D eigenvalue weighted by atomic mass is 16.1. The van der Waals surface area contributed by atoms with Crippen LogP contribution < -0.4 is 5.32 Å². The van der Waals surface area contributed by atoms with Crippen LogP contribution in [0.15, 0.2) is 36.4 Å². The summed E-state index contributed by atoms with van der Waals surface area (Å²) in [4.78, 5) is 14.4. The molecule has 1 aromatic rings. The Labute approximate surface area is 163 Å². The normalized spacial score (nSPS) is 34.0. The summed E-state index contributed by atoms with van der Waals surface area (Å²) in [5.41, 5.74) is 3.13. The molecule has 1 N–H and O–H groups in total. The zero-order valence-corrected chi connectivity index (χ0v) is 16.5. The number of fused-ring (bicyclic) bond motifs is 3. The topological polar surface area (TPSA) is 32.3 Å². The number of carbonyl (C=O) groups is 1. The molecule has 3 heteroatoms. The fourth-order valence-corrected chi connectivity index (χ4v) is 6.51. The van der Waals surface area contributed by atoms with Crippen LogP contribution in [0.1, 0.15) is 62.6 Å². The number of likely N-dealkylation sites (tertiary alicyclic amines) is 1. The molecule has 1 amide bonds. The number of rotatable bonds is 3. The lowest BCUT2D eigenvalue weighted by Crippen LogP contribution is -2.48. The second kappa shape index (κ2) is 6.77. The second-order valence-corrected chi connectivity index (χ2v) is 9.46. The molecule has 1 heterocycles. The largest absolute Gasteiger partial charge is 0.349 e. The van der Waals surface area contributed by atoms with Gasteiger partial charge in [-0.3, -0.25) is 4.79 Å². The van der Waals surface area contributed by atoms with Gasteiger partial charge < -0.3 is 10.2 Å². The van der Waals surface area contributed by atoms with Gasteiger partial charge in [-0.1, -0.05) is 36.4 Å². The van der Waals surface area contributed by atoms with Gasteiger partial charge in [0.05, 0.1) is 6.04 Å². The number of hydrogen-bond donors (Lipinski definition) is 1. The molecule has 1 spiro atoms. The van der Waals surface area contributed by atoms with Crippen LogP contribution in [0.25, 0.3) is 0 Å². The third kappa shape index (κ3) is 3.04. The predicted octanol–water partition coefficient (Wildman–Crippen LogP) is 4.20. The van der Waals surface area contributed by atoms with Gasteiger partial charge in [0.25, 0.3) is 0 Å². The van der Waals surface area contributed by atoms with Gasteiger partial charge >= 0.3 is 0 Å². The average Bonchev–Trinajstić information content (AvgIpc) is 2.94. The lowest BCUT2D eigenvalue weighted by atomic mass is 9.61. The summed E-state index contributed by atoms with van der Waals surface area (Å²) in [5, 5.41) is 3.20. The molecule has 4 aliphatic rings. The van der Waals surface area contributed by atoms with Gasteiger partial charge in [0, 0.05) is 18.9 Å². The summed E-state index contributed by atoms with van der Waals surface area (Å²) in [6.07, 6.45) is 12.6. The first-order valence-electron chi connectivity index (χ1n) is 10.9. The van der Waals surface area contributed by atoms with E-state index in [1.165, 1.54) is 62.9 Å². The van der Waals surface area contributed by atoms with Crippen molar-refractivity contribution in [1.29, 1.82) is 0 Å². The molecule has 1 saturated carbocycles. The van der Waals surface area contributed by atoms with E-state index in [4.69, 9.17) is 0 Å². The minimum Gasteiger partial charge on any atom is -0.349 e. The Hall–Kier alpha value is -1.61. The number of amides is 1.